The van der Waals surface area contributed by atoms with Gasteiger partial charge >= 0.3 is 0 Å². The van der Waals surface area contributed by atoms with Gasteiger partial charge in [-0.1, -0.05) is 44.9 Å². The Balaban J connectivity index is 2.05. The lowest BCUT2D eigenvalue weighted by Gasteiger charge is -2.24. The van der Waals surface area contributed by atoms with Crippen molar-refractivity contribution >= 4 is 23.4 Å². The number of nitrogens with one attached hydrogen (secondary N) is 2. The molecular weight excluding hydrogens is 390 g/mol. The molecule has 0 aliphatic rings. The topological polar surface area (TPSA) is 80.3 Å². The van der Waals surface area contributed by atoms with Crippen molar-refractivity contribution in [3.63, 3.8) is 0 Å². The summed E-state index contributed by atoms with van der Waals surface area (Å²) in [6.45, 7) is 6.77. The van der Waals surface area contributed by atoms with Crippen molar-refractivity contribution < 1.29 is 14.3 Å². The van der Waals surface area contributed by atoms with Gasteiger partial charge in [0, 0.05) is 28.9 Å². The Kier molecular flexibility index (Phi) is 8.93. The highest BCUT2D eigenvalue weighted by atomic mass is 35.5. The van der Waals surface area contributed by atoms with Crippen LogP contribution < -0.4 is 15.4 Å². The molecule has 2 atom stereocenters. The molecule has 0 fully saturated rings. The average molecular weight is 418 g/mol. The fourth-order valence-corrected chi connectivity index (χ4v) is 2.83. The van der Waals surface area contributed by atoms with Crippen LogP contribution in [0, 0.1) is 5.92 Å². The number of pyridine rings is 1. The molecule has 156 valence electrons. The molecule has 2 N–H and O–H groups in total. The van der Waals surface area contributed by atoms with Gasteiger partial charge in [-0.3, -0.25) is 9.59 Å². The van der Waals surface area contributed by atoms with E-state index in [1.54, 1.807) is 36.5 Å². The summed E-state index contributed by atoms with van der Waals surface area (Å²) in [6, 6.07) is 9.58. The highest BCUT2D eigenvalue weighted by molar-refractivity contribution is 6.30. The second kappa shape index (κ2) is 11.4. The highest BCUT2D eigenvalue weighted by Gasteiger charge is 2.26. The van der Waals surface area contributed by atoms with E-state index in [1.165, 1.54) is 0 Å². The van der Waals surface area contributed by atoms with E-state index in [0.717, 1.165) is 18.4 Å². The van der Waals surface area contributed by atoms with Gasteiger partial charge in [0.2, 0.25) is 11.8 Å². The molecule has 1 aromatic carbocycles. The van der Waals surface area contributed by atoms with Crippen LogP contribution in [0.25, 0.3) is 0 Å². The van der Waals surface area contributed by atoms with Crippen LogP contribution in [0.3, 0.4) is 0 Å². The lowest BCUT2D eigenvalue weighted by molar-refractivity contribution is -0.124. The maximum atomic E-state index is 12.9. The molecule has 0 saturated heterocycles. The number of carbonyl (C=O) groups excluding carboxylic acids is 2. The molecule has 7 heteroatoms. The van der Waals surface area contributed by atoms with E-state index < -0.39 is 6.04 Å². The largest absolute Gasteiger partial charge is 0.477 e. The third-order valence-corrected chi connectivity index (χ3v) is 4.89. The summed E-state index contributed by atoms with van der Waals surface area (Å²) in [5, 5.41) is 6.30. The second-order valence-corrected chi connectivity index (χ2v) is 7.31. The number of halogens is 1. The van der Waals surface area contributed by atoms with Gasteiger partial charge in [0.15, 0.2) is 0 Å². The molecule has 0 saturated carbocycles. The summed E-state index contributed by atoms with van der Waals surface area (Å²) in [5.41, 5.74) is 1.25. The van der Waals surface area contributed by atoms with Gasteiger partial charge in [-0.2, -0.15) is 0 Å². The number of aromatic nitrogens is 1. The third-order valence-electron chi connectivity index (χ3n) is 4.63. The molecule has 2 unspecified atom stereocenters. The minimum atomic E-state index is -0.653. The molecule has 2 amide bonds. The zero-order chi connectivity index (χ0) is 21.2. The van der Waals surface area contributed by atoms with Crippen molar-refractivity contribution in [3.8, 4) is 5.88 Å². The lowest BCUT2D eigenvalue weighted by Crippen LogP contribution is -2.50. The maximum Gasteiger partial charge on any atom is 0.251 e. The van der Waals surface area contributed by atoms with Crippen LogP contribution >= 0.6 is 11.6 Å². The molecule has 0 bridgehead atoms. The average Bonchev–Trinajstić information content (AvgIpc) is 2.74. The van der Waals surface area contributed by atoms with Gasteiger partial charge in [-0.15, -0.1) is 0 Å². The van der Waals surface area contributed by atoms with E-state index in [4.69, 9.17) is 16.3 Å². The van der Waals surface area contributed by atoms with E-state index in [0.29, 0.717) is 23.1 Å². The minimum absolute atomic E-state index is 0.0315. The summed E-state index contributed by atoms with van der Waals surface area (Å²) < 4.78 is 5.64. The Hall–Kier alpha value is -2.60. The molecule has 0 aliphatic carbocycles. The Bertz CT molecular complexity index is 811. The Morgan fingerprint density at radius 2 is 1.90 bits per heavy atom. The van der Waals surface area contributed by atoms with Gasteiger partial charge in [-0.05, 0) is 42.7 Å². The molecular formula is C22H28ClN3O3. The quantitative estimate of drug-likeness (QED) is 0.612. The van der Waals surface area contributed by atoms with Crippen molar-refractivity contribution in [2.75, 3.05) is 6.61 Å². The first-order valence-electron chi connectivity index (χ1n) is 9.87. The molecule has 29 heavy (non-hydrogen) atoms. The molecule has 1 aromatic heterocycles. The van der Waals surface area contributed by atoms with Gasteiger partial charge in [0.25, 0.3) is 5.91 Å². The molecule has 0 spiro atoms. The van der Waals surface area contributed by atoms with Crippen molar-refractivity contribution in [1.82, 2.24) is 15.6 Å². The van der Waals surface area contributed by atoms with Crippen LogP contribution in [-0.4, -0.2) is 29.4 Å². The highest BCUT2D eigenvalue weighted by Crippen LogP contribution is 2.16. The number of hydrogen-bond donors (Lipinski definition) is 2. The predicted octanol–water partition coefficient (Wildman–Crippen LogP) is 3.98. The molecule has 0 aliphatic heterocycles. The zero-order valence-corrected chi connectivity index (χ0v) is 17.8. The summed E-state index contributed by atoms with van der Waals surface area (Å²) in [7, 11) is 0. The standard InChI is InChI=1S/C22H28ClN3O3/c1-4-13-29-22-17(7-6-12-24-22)14-25-21(28)19(15(3)5-2)26-20(27)16-8-10-18(23)11-9-16/h6-12,15,19H,4-5,13-14H2,1-3H3,(H,25,28)(H,26,27). The van der Waals surface area contributed by atoms with Crippen molar-refractivity contribution in [2.45, 2.75) is 46.2 Å². The first-order valence-corrected chi connectivity index (χ1v) is 10.2. The van der Waals surface area contributed by atoms with Gasteiger partial charge in [0.05, 0.1) is 6.61 Å². The normalized spacial score (nSPS) is 12.7. The lowest BCUT2D eigenvalue weighted by atomic mass is 9.97. The number of carbonyl (C=O) groups is 2. The molecule has 1 heterocycles. The molecule has 6 nitrogen and oxygen atoms in total. The van der Waals surface area contributed by atoms with E-state index in [9.17, 15) is 9.59 Å². The molecule has 2 aromatic rings. The van der Waals surface area contributed by atoms with Crippen molar-refractivity contribution in [1.29, 1.82) is 0 Å². The summed E-state index contributed by atoms with van der Waals surface area (Å²) >= 11 is 5.88. The number of hydrogen-bond acceptors (Lipinski definition) is 4. The number of nitrogens with zero attached hydrogens (tertiary/aromatic N) is 1. The third kappa shape index (κ3) is 6.75. The van der Waals surface area contributed by atoms with Crippen molar-refractivity contribution in [3.05, 3.63) is 58.7 Å². The van der Waals surface area contributed by atoms with E-state index in [-0.39, 0.29) is 24.3 Å². The monoisotopic (exact) mass is 417 g/mol. The van der Waals surface area contributed by atoms with E-state index in [1.807, 2.05) is 26.8 Å². The second-order valence-electron chi connectivity index (χ2n) is 6.88. The first kappa shape index (κ1) is 22.7. The van der Waals surface area contributed by atoms with E-state index >= 15 is 0 Å². The van der Waals surface area contributed by atoms with Gasteiger partial charge < -0.3 is 15.4 Å². The van der Waals surface area contributed by atoms with Crippen LogP contribution in [0.1, 0.15) is 49.5 Å². The van der Waals surface area contributed by atoms with Gasteiger partial charge in [-0.25, -0.2) is 4.98 Å². The van der Waals surface area contributed by atoms with Crippen LogP contribution in [0.2, 0.25) is 5.02 Å². The smallest absolute Gasteiger partial charge is 0.251 e. The Morgan fingerprint density at radius 3 is 2.55 bits per heavy atom. The number of benzene rings is 1. The summed E-state index contributed by atoms with van der Waals surface area (Å²) in [4.78, 5) is 29.7. The Morgan fingerprint density at radius 1 is 1.17 bits per heavy atom. The van der Waals surface area contributed by atoms with Crippen LogP contribution in [0.15, 0.2) is 42.6 Å². The fraction of sp³-hybridized carbons (Fsp3) is 0.409. The first-order chi connectivity index (χ1) is 14.0. The number of amides is 2. The summed E-state index contributed by atoms with van der Waals surface area (Å²) in [5.74, 6) is -0.0710. The molecule has 0 radical (unpaired) electrons. The fourth-order valence-electron chi connectivity index (χ4n) is 2.71. The predicted molar refractivity (Wildman–Crippen MR) is 114 cm³/mol. The molecule has 2 rings (SSSR count). The maximum absolute atomic E-state index is 12.9. The van der Waals surface area contributed by atoms with Crippen molar-refractivity contribution in [2.24, 2.45) is 5.92 Å². The van der Waals surface area contributed by atoms with Crippen LogP contribution in [0.4, 0.5) is 0 Å². The van der Waals surface area contributed by atoms with Gasteiger partial charge in [0.1, 0.15) is 6.04 Å². The van der Waals surface area contributed by atoms with Crippen LogP contribution in [-0.2, 0) is 11.3 Å². The van der Waals surface area contributed by atoms with Crippen LogP contribution in [0.5, 0.6) is 5.88 Å². The SMILES string of the molecule is CCCOc1ncccc1CNC(=O)C(NC(=O)c1ccc(Cl)cc1)C(C)CC. The number of ether oxygens (including phenoxy) is 1. The Labute approximate surface area is 177 Å². The zero-order valence-electron chi connectivity index (χ0n) is 17.1. The van der Waals surface area contributed by atoms with E-state index in [2.05, 4.69) is 15.6 Å². The minimum Gasteiger partial charge on any atom is -0.477 e. The summed E-state index contributed by atoms with van der Waals surface area (Å²) in [6.07, 6.45) is 3.27. The number of rotatable bonds is 10.